The van der Waals surface area contributed by atoms with Crippen molar-refractivity contribution < 1.29 is 29.0 Å². The molecule has 57 heavy (non-hydrogen) atoms. The summed E-state index contributed by atoms with van der Waals surface area (Å²) in [6, 6.07) is 21.1. The summed E-state index contributed by atoms with van der Waals surface area (Å²) in [4.78, 5) is 81.6. The molecule has 0 saturated carbocycles. The van der Waals surface area contributed by atoms with Crippen LogP contribution in [-0.2, 0) is 17.8 Å². The Morgan fingerprint density at radius 1 is 0.649 bits per heavy atom. The minimum Gasteiger partial charge on any atom is -0.478 e. The highest BCUT2D eigenvalue weighted by Crippen LogP contribution is 2.29. The highest BCUT2D eigenvalue weighted by Gasteiger charge is 2.24. The van der Waals surface area contributed by atoms with Crippen molar-refractivity contribution in [2.24, 2.45) is 0 Å². The largest absolute Gasteiger partial charge is 0.478 e. The van der Waals surface area contributed by atoms with Gasteiger partial charge in [0.1, 0.15) is 22.8 Å². The Bertz CT molecular complexity index is 2590. The van der Waals surface area contributed by atoms with Crippen LogP contribution in [0.5, 0.6) is 0 Å². The number of benzene rings is 2. The van der Waals surface area contributed by atoms with Gasteiger partial charge in [0.2, 0.25) is 0 Å². The van der Waals surface area contributed by atoms with Gasteiger partial charge >= 0.3 is 11.9 Å². The van der Waals surface area contributed by atoms with Crippen LogP contribution < -0.4 is 21.8 Å². The molecule has 6 rings (SSSR count). The number of carbonyl (C=O) groups excluding carboxylic acids is 3. The molecule has 4 aromatic heterocycles. The highest BCUT2D eigenvalue weighted by atomic mass is 16.5. The van der Waals surface area contributed by atoms with Crippen LogP contribution in [0.15, 0.2) is 107 Å². The monoisotopic (exact) mass is 770 g/mol. The smallest absolute Gasteiger partial charge is 0.339 e. The van der Waals surface area contributed by atoms with Crippen molar-refractivity contribution in [1.29, 1.82) is 0 Å². The number of hydrogen-bond acceptors (Lipinski definition) is 13. The third kappa shape index (κ3) is 9.20. The Hall–Kier alpha value is -7.62. The van der Waals surface area contributed by atoms with E-state index in [1.54, 1.807) is 26.0 Å². The summed E-state index contributed by atoms with van der Waals surface area (Å²) in [5.74, 6) is -2.35. The molecule has 16 heteroatoms. The van der Waals surface area contributed by atoms with Gasteiger partial charge in [-0.3, -0.25) is 29.1 Å². The number of aromatic nitrogens is 6. The summed E-state index contributed by atoms with van der Waals surface area (Å²) in [6.45, 7) is 6.93. The fourth-order valence-electron chi connectivity index (χ4n) is 5.74. The van der Waals surface area contributed by atoms with Gasteiger partial charge in [-0.1, -0.05) is 60.7 Å². The van der Waals surface area contributed by atoms with Crippen LogP contribution in [0.2, 0.25) is 0 Å². The van der Waals surface area contributed by atoms with E-state index >= 15 is 0 Å². The molecule has 3 N–H and O–H groups in total. The second-order valence-electron chi connectivity index (χ2n) is 12.3. The maximum absolute atomic E-state index is 13.0. The van der Waals surface area contributed by atoms with Gasteiger partial charge in [-0.05, 0) is 39.8 Å². The van der Waals surface area contributed by atoms with E-state index in [-0.39, 0.29) is 50.9 Å². The van der Waals surface area contributed by atoms with Crippen molar-refractivity contribution in [3.05, 3.63) is 141 Å². The number of carboxylic acids is 1. The molecule has 0 spiro atoms. The van der Waals surface area contributed by atoms with Gasteiger partial charge in [-0.2, -0.15) is 10.2 Å². The van der Waals surface area contributed by atoms with Crippen molar-refractivity contribution in [3.63, 3.8) is 0 Å². The van der Waals surface area contributed by atoms with Crippen molar-refractivity contribution in [2.45, 2.75) is 40.8 Å². The third-order valence-electron chi connectivity index (χ3n) is 8.39. The van der Waals surface area contributed by atoms with Crippen LogP contribution in [0.3, 0.4) is 0 Å². The van der Waals surface area contributed by atoms with Gasteiger partial charge in [-0.15, -0.1) is 0 Å². The van der Waals surface area contributed by atoms with Crippen molar-refractivity contribution in [1.82, 2.24) is 29.5 Å². The summed E-state index contributed by atoms with van der Waals surface area (Å²) in [5, 5.41) is 23.8. The standard InChI is InChI=1S/C21H20N4O4.C20H18N4O4/c1-4-25-20(27)19(23-16-10-15(11-22-12-16)21(28)29-3)17(13(2)26)18(24-25)14-8-6-5-7-9-14;1-3-24-19(26)18(22-15-9-14(20(27)28)10-21-11-15)16(12(2)25)17(23-24)13-7-5-4-6-8-13/h5-12,23H,4H2,1-3H3;4-11,22H,3H2,1-2H3,(H,27,28). The number of rotatable bonds is 12. The van der Waals surface area contributed by atoms with Gasteiger partial charge in [0, 0.05) is 36.6 Å². The number of methoxy groups -OCH3 is 1. The molecular weight excluding hydrogens is 732 g/mol. The Labute approximate surface area is 325 Å². The van der Waals surface area contributed by atoms with E-state index in [0.29, 0.717) is 41.3 Å². The van der Waals surface area contributed by atoms with E-state index in [0.717, 1.165) is 0 Å². The van der Waals surface area contributed by atoms with E-state index < -0.39 is 23.1 Å². The molecule has 0 aliphatic heterocycles. The molecule has 6 aromatic rings. The molecule has 0 fully saturated rings. The minimum atomic E-state index is -1.14. The number of carboxylic acid groups (broad SMARTS) is 1. The van der Waals surface area contributed by atoms with Crippen LogP contribution >= 0.6 is 0 Å². The molecule has 0 aliphatic carbocycles. The maximum Gasteiger partial charge on any atom is 0.339 e. The quantitative estimate of drug-likeness (QED) is 0.0957. The zero-order valence-electron chi connectivity index (χ0n) is 31.6. The lowest BCUT2D eigenvalue weighted by molar-refractivity contribution is 0.0599. The number of Topliss-reactive ketones (excluding diaryl/α,β-unsaturated/α-hetero) is 2. The highest BCUT2D eigenvalue weighted by molar-refractivity contribution is 6.06. The molecule has 0 saturated heterocycles. The number of hydrogen-bond donors (Lipinski definition) is 3. The van der Waals surface area contributed by atoms with Gasteiger partial charge in [0.05, 0.1) is 53.1 Å². The summed E-state index contributed by atoms with van der Waals surface area (Å²) in [5.41, 5.74) is 2.53. The Morgan fingerprint density at radius 2 is 1.05 bits per heavy atom. The third-order valence-corrected chi connectivity index (χ3v) is 8.39. The summed E-state index contributed by atoms with van der Waals surface area (Å²) < 4.78 is 7.25. The lowest BCUT2D eigenvalue weighted by Gasteiger charge is -2.16. The number of nitrogens with zero attached hydrogens (tertiary/aromatic N) is 6. The Kier molecular flexibility index (Phi) is 12.9. The summed E-state index contributed by atoms with van der Waals surface area (Å²) in [7, 11) is 1.27. The molecular formula is C41H38N8O8. The minimum absolute atomic E-state index is 0.0348. The van der Waals surface area contributed by atoms with Crippen LogP contribution in [0.1, 0.15) is 69.1 Å². The fraction of sp³-hybridized carbons (Fsp3) is 0.171. The van der Waals surface area contributed by atoms with Crippen LogP contribution in [-0.4, -0.2) is 65.3 Å². The molecule has 16 nitrogen and oxygen atoms in total. The molecule has 4 heterocycles. The number of ketones is 2. The van der Waals surface area contributed by atoms with E-state index in [9.17, 15) is 28.8 Å². The number of pyridine rings is 2. The van der Waals surface area contributed by atoms with Crippen LogP contribution in [0, 0.1) is 0 Å². The van der Waals surface area contributed by atoms with Gasteiger partial charge < -0.3 is 20.5 Å². The molecule has 0 aliphatic rings. The average Bonchev–Trinajstić information content (AvgIpc) is 3.22. The lowest BCUT2D eigenvalue weighted by atomic mass is 10.0. The second kappa shape index (κ2) is 18.1. The molecule has 0 unspecified atom stereocenters. The lowest BCUT2D eigenvalue weighted by Crippen LogP contribution is -2.28. The first kappa shape index (κ1) is 40.6. The van der Waals surface area contributed by atoms with Crippen molar-refractivity contribution in [3.8, 4) is 22.5 Å². The normalized spacial score (nSPS) is 10.5. The fourth-order valence-corrected chi connectivity index (χ4v) is 5.74. The molecule has 0 bridgehead atoms. The zero-order chi connectivity index (χ0) is 41.2. The zero-order valence-corrected chi connectivity index (χ0v) is 31.6. The number of aromatic carboxylic acids is 1. The number of carbonyl (C=O) groups is 4. The summed E-state index contributed by atoms with van der Waals surface area (Å²) >= 11 is 0. The predicted octanol–water partition coefficient (Wildman–Crippen LogP) is 6.03. The predicted molar refractivity (Wildman–Crippen MR) is 213 cm³/mol. The van der Waals surface area contributed by atoms with Crippen LogP contribution in [0.4, 0.5) is 22.7 Å². The second-order valence-corrected chi connectivity index (χ2v) is 12.3. The van der Waals surface area contributed by atoms with Crippen LogP contribution in [0.25, 0.3) is 22.5 Å². The Morgan fingerprint density at radius 3 is 1.42 bits per heavy atom. The molecule has 290 valence electrons. The maximum atomic E-state index is 13.0. The Balaban J connectivity index is 0.000000218. The van der Waals surface area contributed by atoms with E-state index in [1.807, 2.05) is 48.5 Å². The number of esters is 1. The van der Waals surface area contributed by atoms with E-state index in [1.165, 1.54) is 67.2 Å². The number of ether oxygens (including phenoxy) is 1. The number of anilines is 4. The number of aryl methyl sites for hydroxylation is 2. The molecule has 0 amide bonds. The summed E-state index contributed by atoms with van der Waals surface area (Å²) in [6.07, 6.45) is 5.39. The first-order chi connectivity index (χ1) is 27.4. The SMILES string of the molecule is CCn1nc(-c2ccccc2)c(C(C)=O)c(Nc2cncc(C(=O)O)c2)c1=O.CCn1nc(-c2ccccc2)c(C(C)=O)c(Nc2cncc(C(=O)OC)c2)c1=O. The first-order valence-corrected chi connectivity index (χ1v) is 17.6. The average molecular weight is 771 g/mol. The number of nitrogens with one attached hydrogen (secondary N) is 2. The van der Waals surface area contributed by atoms with Gasteiger partial charge in [-0.25, -0.2) is 19.0 Å². The molecule has 0 atom stereocenters. The molecule has 0 radical (unpaired) electrons. The van der Waals surface area contributed by atoms with Gasteiger partial charge in [0.25, 0.3) is 11.1 Å². The molecule has 2 aromatic carbocycles. The van der Waals surface area contributed by atoms with Crippen molar-refractivity contribution in [2.75, 3.05) is 17.7 Å². The first-order valence-electron chi connectivity index (χ1n) is 17.6. The van der Waals surface area contributed by atoms with E-state index in [4.69, 9.17) is 9.84 Å². The van der Waals surface area contributed by atoms with Gasteiger partial charge in [0.15, 0.2) is 11.6 Å². The topological polar surface area (TPSA) is 217 Å². The van der Waals surface area contributed by atoms with E-state index in [2.05, 4.69) is 30.8 Å². The van der Waals surface area contributed by atoms with Crippen molar-refractivity contribution >= 4 is 46.3 Å².